The summed E-state index contributed by atoms with van der Waals surface area (Å²) in [5.41, 5.74) is 1.35. The van der Waals surface area contributed by atoms with Crippen molar-refractivity contribution in [2.75, 3.05) is 10.6 Å². The minimum Gasteiger partial charge on any atom is -0.318 e. The minimum absolute atomic E-state index is 0.314. The molecule has 2 amide bonds. The zero-order chi connectivity index (χ0) is 14.5. The summed E-state index contributed by atoms with van der Waals surface area (Å²) in [7, 11) is 0. The molecule has 0 spiro atoms. The average Bonchev–Trinajstić information content (AvgIpc) is 2.44. The van der Waals surface area contributed by atoms with Crippen LogP contribution in [-0.2, 0) is 9.59 Å². The smallest absolute Gasteiger partial charge is 0.315 e. The molecule has 5 nitrogen and oxygen atoms in total. The fourth-order valence-corrected chi connectivity index (χ4v) is 1.65. The van der Waals surface area contributed by atoms with E-state index in [1.165, 1.54) is 6.20 Å². The van der Waals surface area contributed by atoms with E-state index in [4.69, 9.17) is 11.6 Å². The molecule has 1 heterocycles. The molecule has 2 N–H and O–H groups in total. The normalized spacial score (nSPS) is 9.90. The van der Waals surface area contributed by atoms with Crippen LogP contribution in [0.2, 0.25) is 5.02 Å². The molecule has 1 aromatic heterocycles. The highest BCUT2D eigenvalue weighted by Crippen LogP contribution is 2.19. The van der Waals surface area contributed by atoms with Crippen LogP contribution < -0.4 is 10.6 Å². The first-order valence-corrected chi connectivity index (χ1v) is 6.23. The summed E-state index contributed by atoms with van der Waals surface area (Å²) in [5.74, 6) is -1.26. The number of hydrogen-bond donors (Lipinski definition) is 2. The maximum absolute atomic E-state index is 11.7. The number of pyridine rings is 1. The molecule has 0 aliphatic rings. The van der Waals surface area contributed by atoms with E-state index in [1.807, 2.05) is 6.92 Å². The summed E-state index contributed by atoms with van der Waals surface area (Å²) in [6.07, 6.45) is 1.52. The van der Waals surface area contributed by atoms with Crippen LogP contribution in [0.25, 0.3) is 0 Å². The first-order chi connectivity index (χ1) is 9.56. The van der Waals surface area contributed by atoms with Gasteiger partial charge >= 0.3 is 11.8 Å². The molecule has 0 radical (unpaired) electrons. The predicted octanol–water partition coefficient (Wildman–Crippen LogP) is 2.62. The minimum atomic E-state index is -0.791. The molecule has 0 saturated heterocycles. The number of hydrogen-bond acceptors (Lipinski definition) is 3. The highest BCUT2D eigenvalue weighted by Gasteiger charge is 2.14. The lowest BCUT2D eigenvalue weighted by molar-refractivity contribution is -0.133. The summed E-state index contributed by atoms with van der Waals surface area (Å²) >= 11 is 5.94. The van der Waals surface area contributed by atoms with Crippen LogP contribution in [0.1, 0.15) is 5.56 Å². The Morgan fingerprint density at radius 1 is 1.10 bits per heavy atom. The van der Waals surface area contributed by atoms with Crippen molar-refractivity contribution >= 4 is 34.9 Å². The zero-order valence-corrected chi connectivity index (χ0v) is 11.4. The highest BCUT2D eigenvalue weighted by atomic mass is 35.5. The molecular formula is C14H12ClN3O2. The van der Waals surface area contributed by atoms with Gasteiger partial charge in [0.15, 0.2) is 0 Å². The van der Waals surface area contributed by atoms with E-state index >= 15 is 0 Å². The Morgan fingerprint density at radius 2 is 1.85 bits per heavy atom. The first-order valence-electron chi connectivity index (χ1n) is 5.86. The summed E-state index contributed by atoms with van der Waals surface area (Å²) in [5, 5.41) is 5.38. The van der Waals surface area contributed by atoms with Crippen LogP contribution in [0.4, 0.5) is 11.5 Å². The van der Waals surface area contributed by atoms with Crippen LogP contribution in [0, 0.1) is 6.92 Å². The number of halogens is 1. The van der Waals surface area contributed by atoms with Gasteiger partial charge < -0.3 is 10.6 Å². The monoisotopic (exact) mass is 289 g/mol. The topological polar surface area (TPSA) is 71.1 Å². The van der Waals surface area contributed by atoms with Gasteiger partial charge in [0.1, 0.15) is 5.82 Å². The third-order valence-corrected chi connectivity index (χ3v) is 2.95. The number of aromatic nitrogens is 1. The Morgan fingerprint density at radius 3 is 2.50 bits per heavy atom. The summed E-state index contributed by atoms with van der Waals surface area (Å²) in [4.78, 5) is 27.3. The number of carbonyl (C=O) groups is 2. The van der Waals surface area contributed by atoms with Crippen LogP contribution in [-0.4, -0.2) is 16.8 Å². The van der Waals surface area contributed by atoms with Crippen molar-refractivity contribution in [2.24, 2.45) is 0 Å². The number of carbonyl (C=O) groups excluding carboxylic acids is 2. The molecule has 0 atom stereocenters. The Balaban J connectivity index is 2.01. The maximum Gasteiger partial charge on any atom is 0.315 e. The molecule has 0 aliphatic carbocycles. The van der Waals surface area contributed by atoms with Crippen molar-refractivity contribution in [3.8, 4) is 0 Å². The number of rotatable bonds is 2. The van der Waals surface area contributed by atoms with Gasteiger partial charge in [0, 0.05) is 16.9 Å². The van der Waals surface area contributed by atoms with Gasteiger partial charge in [-0.2, -0.15) is 0 Å². The van der Waals surface area contributed by atoms with Gasteiger partial charge in [-0.3, -0.25) is 9.59 Å². The zero-order valence-electron chi connectivity index (χ0n) is 10.7. The predicted molar refractivity (Wildman–Crippen MR) is 77.7 cm³/mol. The molecule has 0 aliphatic heterocycles. The van der Waals surface area contributed by atoms with Gasteiger partial charge in [0.05, 0.1) is 0 Å². The van der Waals surface area contributed by atoms with Gasteiger partial charge in [-0.1, -0.05) is 23.7 Å². The Bertz CT molecular complexity index is 644. The largest absolute Gasteiger partial charge is 0.318 e. The summed E-state index contributed by atoms with van der Waals surface area (Å²) in [6.45, 7) is 1.85. The van der Waals surface area contributed by atoms with Crippen molar-refractivity contribution < 1.29 is 9.59 Å². The van der Waals surface area contributed by atoms with Crippen molar-refractivity contribution in [3.63, 3.8) is 0 Å². The molecule has 0 unspecified atom stereocenters. The molecule has 0 saturated carbocycles. The van der Waals surface area contributed by atoms with Gasteiger partial charge in [-0.05, 0) is 36.8 Å². The van der Waals surface area contributed by atoms with E-state index < -0.39 is 11.8 Å². The number of amides is 2. The van der Waals surface area contributed by atoms with Crippen molar-refractivity contribution in [1.82, 2.24) is 4.98 Å². The SMILES string of the molecule is Cc1ccc(NC(=O)C(=O)Nc2ccccn2)cc1Cl. The van der Waals surface area contributed by atoms with Crippen LogP contribution in [0.5, 0.6) is 0 Å². The Labute approximate surface area is 121 Å². The molecule has 102 valence electrons. The first kappa shape index (κ1) is 14.0. The maximum atomic E-state index is 11.7. The number of anilines is 2. The number of nitrogens with one attached hydrogen (secondary N) is 2. The third-order valence-electron chi connectivity index (χ3n) is 2.54. The van der Waals surface area contributed by atoms with Crippen LogP contribution >= 0.6 is 11.6 Å². The fraction of sp³-hybridized carbons (Fsp3) is 0.0714. The lowest BCUT2D eigenvalue weighted by atomic mass is 10.2. The molecule has 1 aromatic carbocycles. The van der Waals surface area contributed by atoms with Gasteiger partial charge in [-0.15, -0.1) is 0 Å². The standard InChI is InChI=1S/C14H12ClN3O2/c1-9-5-6-10(8-11(9)15)17-13(19)14(20)18-12-4-2-3-7-16-12/h2-8H,1H3,(H,17,19)(H,16,18,20). The Kier molecular flexibility index (Phi) is 4.32. The van der Waals surface area contributed by atoms with E-state index in [9.17, 15) is 9.59 Å². The molecule has 0 bridgehead atoms. The van der Waals surface area contributed by atoms with E-state index in [0.29, 0.717) is 16.5 Å². The van der Waals surface area contributed by atoms with Crippen molar-refractivity contribution in [2.45, 2.75) is 6.92 Å². The summed E-state index contributed by atoms with van der Waals surface area (Å²) in [6, 6.07) is 10.0. The van der Waals surface area contributed by atoms with Gasteiger partial charge in [-0.25, -0.2) is 4.98 Å². The molecule has 20 heavy (non-hydrogen) atoms. The number of aryl methyl sites for hydroxylation is 1. The number of benzene rings is 1. The lowest BCUT2D eigenvalue weighted by Crippen LogP contribution is -2.29. The molecule has 2 rings (SSSR count). The fourth-order valence-electron chi connectivity index (χ4n) is 1.47. The Hall–Kier alpha value is -2.40. The second-order valence-electron chi connectivity index (χ2n) is 4.09. The van der Waals surface area contributed by atoms with Crippen molar-refractivity contribution in [3.05, 3.63) is 53.2 Å². The average molecular weight is 290 g/mol. The molecule has 2 aromatic rings. The van der Waals surface area contributed by atoms with E-state index in [1.54, 1.807) is 36.4 Å². The second-order valence-corrected chi connectivity index (χ2v) is 4.49. The lowest BCUT2D eigenvalue weighted by Gasteiger charge is -2.07. The van der Waals surface area contributed by atoms with Crippen LogP contribution in [0.3, 0.4) is 0 Å². The second kappa shape index (κ2) is 6.16. The summed E-state index contributed by atoms with van der Waals surface area (Å²) < 4.78 is 0. The molecular weight excluding hydrogens is 278 g/mol. The van der Waals surface area contributed by atoms with Crippen molar-refractivity contribution in [1.29, 1.82) is 0 Å². The van der Waals surface area contributed by atoms with E-state index in [2.05, 4.69) is 15.6 Å². The quantitative estimate of drug-likeness (QED) is 0.835. The third kappa shape index (κ3) is 3.55. The van der Waals surface area contributed by atoms with E-state index in [-0.39, 0.29) is 0 Å². The highest BCUT2D eigenvalue weighted by molar-refractivity contribution is 6.43. The molecule has 0 fully saturated rings. The van der Waals surface area contributed by atoms with Gasteiger partial charge in [0.2, 0.25) is 0 Å². The number of nitrogens with zero attached hydrogens (tertiary/aromatic N) is 1. The van der Waals surface area contributed by atoms with E-state index in [0.717, 1.165) is 5.56 Å². The van der Waals surface area contributed by atoms with Gasteiger partial charge in [0.25, 0.3) is 0 Å². The molecule has 6 heteroatoms. The van der Waals surface area contributed by atoms with Crippen LogP contribution in [0.15, 0.2) is 42.6 Å².